The van der Waals surface area contributed by atoms with E-state index >= 15 is 0 Å². The summed E-state index contributed by atoms with van der Waals surface area (Å²) in [4.78, 5) is 0. The first-order valence-corrected chi connectivity index (χ1v) is 15.9. The standard InChI is InChI=1S/C41H58O2/c1-30(18-14-20-32(3)22-24-36-34(5)38(42)26-28-40(36,7)8)16-12-13-17-31(2)19-15-21-33(4)23-25-37-35(6)39(43-11)27-29-41(37,9)10/h12-25,38-39,42H,26-29H2,1-11H3/b13-12+,18-14+,19-15+,24-22+,25-23+,30-16+,31-17+,32-20+,33-21+. The summed E-state index contributed by atoms with van der Waals surface area (Å²) < 4.78 is 5.69. The minimum absolute atomic E-state index is 0.107. The molecule has 43 heavy (non-hydrogen) atoms. The van der Waals surface area contributed by atoms with Crippen LogP contribution in [0.2, 0.25) is 0 Å². The van der Waals surface area contributed by atoms with Crippen LogP contribution >= 0.6 is 0 Å². The molecule has 0 bridgehead atoms. The molecule has 0 saturated carbocycles. The summed E-state index contributed by atoms with van der Waals surface area (Å²) in [6.45, 7) is 22.0. The molecule has 2 heteroatoms. The van der Waals surface area contributed by atoms with Crippen LogP contribution in [0.1, 0.15) is 94.9 Å². The lowest BCUT2D eigenvalue weighted by molar-refractivity contribution is 0.101. The van der Waals surface area contributed by atoms with Gasteiger partial charge in [0.15, 0.2) is 0 Å². The molecule has 2 atom stereocenters. The van der Waals surface area contributed by atoms with Gasteiger partial charge < -0.3 is 9.84 Å². The molecular formula is C41H58O2. The maximum absolute atomic E-state index is 10.3. The lowest BCUT2D eigenvalue weighted by Crippen LogP contribution is -2.28. The molecule has 2 rings (SSSR count). The van der Waals surface area contributed by atoms with Crippen LogP contribution in [-0.2, 0) is 4.74 Å². The minimum Gasteiger partial charge on any atom is -0.389 e. The first-order valence-electron chi connectivity index (χ1n) is 15.9. The first-order chi connectivity index (χ1) is 20.2. The highest BCUT2D eigenvalue weighted by molar-refractivity contribution is 5.40. The average Bonchev–Trinajstić information content (AvgIpc) is 2.93. The number of aliphatic hydroxyl groups excluding tert-OH is 1. The van der Waals surface area contributed by atoms with Crippen molar-refractivity contribution in [2.75, 3.05) is 7.11 Å². The van der Waals surface area contributed by atoms with Gasteiger partial charge in [0.25, 0.3) is 0 Å². The van der Waals surface area contributed by atoms with E-state index in [0.717, 1.165) is 31.3 Å². The third-order valence-corrected chi connectivity index (χ3v) is 8.94. The maximum atomic E-state index is 10.3. The second-order valence-corrected chi connectivity index (χ2v) is 13.7. The van der Waals surface area contributed by atoms with Crippen molar-refractivity contribution < 1.29 is 9.84 Å². The Kier molecular flexibility index (Phi) is 14.2. The fourth-order valence-corrected chi connectivity index (χ4v) is 5.89. The molecule has 1 N–H and O–H groups in total. The number of allylic oxidation sites excluding steroid dienone is 20. The number of hydrogen-bond donors (Lipinski definition) is 1. The highest BCUT2D eigenvalue weighted by Gasteiger charge is 2.32. The van der Waals surface area contributed by atoms with Crippen LogP contribution in [0, 0.1) is 10.8 Å². The van der Waals surface area contributed by atoms with Crippen LogP contribution < -0.4 is 0 Å². The van der Waals surface area contributed by atoms with Gasteiger partial charge in [-0.3, -0.25) is 0 Å². The van der Waals surface area contributed by atoms with Crippen LogP contribution in [-0.4, -0.2) is 24.4 Å². The van der Waals surface area contributed by atoms with Gasteiger partial charge in [-0.25, -0.2) is 0 Å². The van der Waals surface area contributed by atoms with Gasteiger partial charge in [-0.1, -0.05) is 135 Å². The fraction of sp³-hybridized carbons (Fsp3) is 0.463. The van der Waals surface area contributed by atoms with E-state index in [4.69, 9.17) is 4.74 Å². The summed E-state index contributed by atoms with van der Waals surface area (Å²) in [5.41, 5.74) is 10.2. The van der Waals surface area contributed by atoms with E-state index in [1.807, 2.05) is 7.11 Å². The monoisotopic (exact) mass is 582 g/mol. The molecule has 2 aliphatic carbocycles. The van der Waals surface area contributed by atoms with Crippen molar-refractivity contribution in [2.24, 2.45) is 10.8 Å². The van der Waals surface area contributed by atoms with Gasteiger partial charge >= 0.3 is 0 Å². The predicted molar refractivity (Wildman–Crippen MR) is 189 cm³/mol. The Morgan fingerprint density at radius 2 is 1.02 bits per heavy atom. The van der Waals surface area contributed by atoms with Gasteiger partial charge in [-0.15, -0.1) is 0 Å². The van der Waals surface area contributed by atoms with Crippen molar-refractivity contribution in [3.63, 3.8) is 0 Å². The van der Waals surface area contributed by atoms with E-state index in [1.165, 1.54) is 39.0 Å². The van der Waals surface area contributed by atoms with E-state index in [9.17, 15) is 5.11 Å². The summed E-state index contributed by atoms with van der Waals surface area (Å²) in [6, 6.07) is 0. The van der Waals surface area contributed by atoms with Crippen molar-refractivity contribution in [3.05, 3.63) is 130 Å². The molecule has 0 aromatic heterocycles. The zero-order valence-electron chi connectivity index (χ0n) is 28.9. The second-order valence-electron chi connectivity index (χ2n) is 13.7. The van der Waals surface area contributed by atoms with Crippen LogP contribution in [0.3, 0.4) is 0 Å². The third-order valence-electron chi connectivity index (χ3n) is 8.94. The molecule has 0 aromatic rings. The van der Waals surface area contributed by atoms with Crippen molar-refractivity contribution in [1.82, 2.24) is 0 Å². The molecule has 0 heterocycles. The maximum Gasteiger partial charge on any atom is 0.0784 e. The molecule has 0 aliphatic heterocycles. The van der Waals surface area contributed by atoms with Crippen molar-refractivity contribution in [1.29, 1.82) is 0 Å². The Hall–Kier alpha value is -2.94. The minimum atomic E-state index is -0.312. The van der Waals surface area contributed by atoms with Gasteiger partial charge in [-0.2, -0.15) is 0 Å². The van der Waals surface area contributed by atoms with Crippen molar-refractivity contribution >= 4 is 0 Å². The zero-order valence-corrected chi connectivity index (χ0v) is 28.9. The highest BCUT2D eigenvalue weighted by Crippen LogP contribution is 2.42. The van der Waals surface area contributed by atoms with Gasteiger partial charge in [-0.05, 0) is 100 Å². The van der Waals surface area contributed by atoms with E-state index in [-0.39, 0.29) is 23.0 Å². The molecule has 0 fully saturated rings. The topological polar surface area (TPSA) is 29.5 Å². The summed E-state index contributed by atoms with van der Waals surface area (Å²) >= 11 is 0. The van der Waals surface area contributed by atoms with Crippen LogP contribution in [0.4, 0.5) is 0 Å². The Morgan fingerprint density at radius 1 is 0.628 bits per heavy atom. The third kappa shape index (κ3) is 11.6. The normalized spacial score (nSPS) is 24.7. The van der Waals surface area contributed by atoms with Crippen LogP contribution in [0.5, 0.6) is 0 Å². The molecule has 0 amide bonds. The molecule has 234 valence electrons. The number of ether oxygens (including phenoxy) is 1. The lowest BCUT2D eigenvalue weighted by Gasteiger charge is -2.36. The summed E-state index contributed by atoms with van der Waals surface area (Å²) in [5, 5.41) is 10.3. The van der Waals surface area contributed by atoms with E-state index < -0.39 is 0 Å². The number of aliphatic hydroxyl groups is 1. The van der Waals surface area contributed by atoms with Crippen LogP contribution in [0.15, 0.2) is 130 Å². The molecule has 0 saturated heterocycles. The second kappa shape index (κ2) is 16.8. The number of rotatable bonds is 11. The summed E-state index contributed by atoms with van der Waals surface area (Å²) in [7, 11) is 1.81. The van der Waals surface area contributed by atoms with Crippen molar-refractivity contribution in [3.8, 4) is 0 Å². The van der Waals surface area contributed by atoms with Gasteiger partial charge in [0, 0.05) is 7.11 Å². The average molecular weight is 583 g/mol. The Bertz CT molecular complexity index is 1300. The predicted octanol–water partition coefficient (Wildman–Crippen LogP) is 11.2. The highest BCUT2D eigenvalue weighted by atomic mass is 16.5. The fourth-order valence-electron chi connectivity index (χ4n) is 5.89. The van der Waals surface area contributed by atoms with E-state index in [2.05, 4.69) is 154 Å². The largest absolute Gasteiger partial charge is 0.389 e. The molecule has 0 aromatic carbocycles. The number of methoxy groups -OCH3 is 1. The Labute approximate surface area is 264 Å². The van der Waals surface area contributed by atoms with E-state index in [1.54, 1.807) is 0 Å². The SMILES string of the molecule is COC1CCC(C)(C)C(/C=C/C(C)=C/C=C/C(C)=C/C=C/C=C(C)/C=C/C=C(C)/C=C/C2=C(C)C(O)CCC2(C)C)=C1C. The Morgan fingerprint density at radius 3 is 1.49 bits per heavy atom. The van der Waals surface area contributed by atoms with Gasteiger partial charge in [0.05, 0.1) is 12.2 Å². The molecule has 2 aliphatic rings. The molecular weight excluding hydrogens is 524 g/mol. The van der Waals surface area contributed by atoms with Crippen LogP contribution in [0.25, 0.3) is 0 Å². The quantitative estimate of drug-likeness (QED) is 0.246. The molecule has 2 unspecified atom stereocenters. The molecule has 2 nitrogen and oxygen atoms in total. The van der Waals surface area contributed by atoms with Gasteiger partial charge in [0.2, 0.25) is 0 Å². The van der Waals surface area contributed by atoms with Crippen molar-refractivity contribution in [2.45, 2.75) is 107 Å². The lowest BCUT2D eigenvalue weighted by atomic mass is 9.71. The summed E-state index contributed by atoms with van der Waals surface area (Å²) in [6.07, 6.45) is 34.1. The van der Waals surface area contributed by atoms with Gasteiger partial charge in [0.1, 0.15) is 0 Å². The molecule has 0 spiro atoms. The summed E-state index contributed by atoms with van der Waals surface area (Å²) in [5.74, 6) is 0. The Balaban J connectivity index is 1.93. The zero-order chi connectivity index (χ0) is 32.2. The molecule has 0 radical (unpaired) electrons. The van der Waals surface area contributed by atoms with E-state index in [0.29, 0.717) is 0 Å². The number of hydrogen-bond acceptors (Lipinski definition) is 2. The smallest absolute Gasteiger partial charge is 0.0784 e. The first kappa shape index (κ1) is 36.3.